The number of rotatable bonds is 5. The number of fused-ring (bicyclic) bond motifs is 4. The van der Waals surface area contributed by atoms with Crippen LogP contribution in [-0.4, -0.2) is 29.9 Å². The van der Waals surface area contributed by atoms with Crippen molar-refractivity contribution in [1.29, 1.82) is 0 Å². The highest BCUT2D eigenvalue weighted by molar-refractivity contribution is 6.06. The van der Waals surface area contributed by atoms with Crippen LogP contribution in [0.1, 0.15) is 0 Å². The molecule has 7 heteroatoms. The molecule has 0 fully saturated rings. The molecule has 9 aromatic rings. The van der Waals surface area contributed by atoms with Gasteiger partial charge in [0.25, 0.3) is 0 Å². The summed E-state index contributed by atoms with van der Waals surface area (Å²) in [5.41, 5.74) is 8.94. The summed E-state index contributed by atoms with van der Waals surface area (Å²) in [7, 11) is 0. The van der Waals surface area contributed by atoms with E-state index in [9.17, 15) is 0 Å². The van der Waals surface area contributed by atoms with Gasteiger partial charge in [-0.3, -0.25) is 4.98 Å². The molecular weight excluding hydrogens is 580 g/mol. The third kappa shape index (κ3) is 4.87. The van der Waals surface area contributed by atoms with Crippen LogP contribution in [0.15, 0.2) is 150 Å². The molecule has 0 saturated heterocycles. The Morgan fingerprint density at radius 2 is 0.894 bits per heavy atom. The fourth-order valence-electron chi connectivity index (χ4n) is 5.86. The Kier molecular flexibility index (Phi) is 6.31. The maximum absolute atomic E-state index is 6.04. The third-order valence-corrected chi connectivity index (χ3v) is 8.19. The van der Waals surface area contributed by atoms with Crippen molar-refractivity contribution in [3.63, 3.8) is 0 Å². The monoisotopic (exact) mass is 604 g/mol. The lowest BCUT2D eigenvalue weighted by atomic mass is 10.0. The minimum Gasteiger partial charge on any atom is -0.454 e. The number of aromatic nitrogens is 6. The Morgan fingerprint density at radius 1 is 0.383 bits per heavy atom. The van der Waals surface area contributed by atoms with Gasteiger partial charge in [-0.2, -0.15) is 0 Å². The third-order valence-electron chi connectivity index (χ3n) is 8.19. The summed E-state index contributed by atoms with van der Waals surface area (Å²) >= 11 is 0. The molecule has 0 spiro atoms. The molecule has 0 amide bonds. The minimum absolute atomic E-state index is 0.591. The van der Waals surface area contributed by atoms with E-state index < -0.39 is 0 Å². The molecule has 4 heterocycles. The van der Waals surface area contributed by atoms with Gasteiger partial charge in [0.1, 0.15) is 11.3 Å². The molecule has 5 aromatic carbocycles. The van der Waals surface area contributed by atoms with Crippen LogP contribution in [0.3, 0.4) is 0 Å². The predicted molar refractivity (Wildman–Crippen MR) is 185 cm³/mol. The van der Waals surface area contributed by atoms with Crippen molar-refractivity contribution in [2.24, 2.45) is 0 Å². The highest BCUT2D eigenvalue weighted by Gasteiger charge is 2.18. The highest BCUT2D eigenvalue weighted by Crippen LogP contribution is 2.35. The van der Waals surface area contributed by atoms with Crippen molar-refractivity contribution in [2.45, 2.75) is 0 Å². The molecule has 220 valence electrons. The predicted octanol–water partition coefficient (Wildman–Crippen LogP) is 9.44. The number of para-hydroxylation sites is 3. The number of hydrogen-bond donors (Lipinski definition) is 0. The zero-order valence-corrected chi connectivity index (χ0v) is 24.9. The number of pyridine rings is 1. The molecule has 4 aromatic heterocycles. The van der Waals surface area contributed by atoms with E-state index in [0.717, 1.165) is 66.6 Å². The average molecular weight is 605 g/mol. The number of nitrogens with zero attached hydrogens (tertiary/aromatic N) is 6. The second-order valence-electron chi connectivity index (χ2n) is 11.2. The SMILES string of the molecule is c1ccc(-c2nc(-c3ccccc3)nc(-c3ccc(-c4nc5ccccc5nc4-c4cc5c(cn4)oc4ccccc45)cc3)n2)cc1. The van der Waals surface area contributed by atoms with Gasteiger partial charge < -0.3 is 4.42 Å². The van der Waals surface area contributed by atoms with Crippen LogP contribution >= 0.6 is 0 Å². The normalized spacial score (nSPS) is 11.4. The van der Waals surface area contributed by atoms with Crippen LogP contribution in [0.5, 0.6) is 0 Å². The van der Waals surface area contributed by atoms with Crippen molar-refractivity contribution in [1.82, 2.24) is 29.9 Å². The maximum atomic E-state index is 6.04. The Bertz CT molecular complexity index is 2510. The topological polar surface area (TPSA) is 90.5 Å². The molecule has 0 radical (unpaired) electrons. The molecular formula is C40H24N6O. The van der Waals surface area contributed by atoms with Gasteiger partial charge in [0, 0.05) is 33.0 Å². The first-order valence-corrected chi connectivity index (χ1v) is 15.3. The largest absolute Gasteiger partial charge is 0.454 e. The molecule has 0 saturated carbocycles. The smallest absolute Gasteiger partial charge is 0.164 e. The average Bonchev–Trinajstić information content (AvgIpc) is 3.53. The number of hydrogen-bond acceptors (Lipinski definition) is 7. The molecule has 7 nitrogen and oxygen atoms in total. The fraction of sp³-hybridized carbons (Fsp3) is 0. The summed E-state index contributed by atoms with van der Waals surface area (Å²) in [4.78, 5) is 29.6. The van der Waals surface area contributed by atoms with Crippen molar-refractivity contribution < 1.29 is 4.42 Å². The zero-order chi connectivity index (χ0) is 31.2. The first-order valence-electron chi connectivity index (χ1n) is 15.3. The van der Waals surface area contributed by atoms with E-state index in [1.807, 2.05) is 133 Å². The summed E-state index contributed by atoms with van der Waals surface area (Å²) in [6.07, 6.45) is 1.77. The Morgan fingerprint density at radius 3 is 1.53 bits per heavy atom. The second kappa shape index (κ2) is 11.1. The zero-order valence-electron chi connectivity index (χ0n) is 24.9. The Balaban J connectivity index is 1.17. The highest BCUT2D eigenvalue weighted by atomic mass is 16.3. The van der Waals surface area contributed by atoms with Crippen molar-refractivity contribution in [2.75, 3.05) is 0 Å². The lowest BCUT2D eigenvalue weighted by Crippen LogP contribution is -2.00. The second-order valence-corrected chi connectivity index (χ2v) is 11.2. The van der Waals surface area contributed by atoms with Crippen molar-refractivity contribution >= 4 is 33.0 Å². The van der Waals surface area contributed by atoms with Gasteiger partial charge in [-0.1, -0.05) is 115 Å². The van der Waals surface area contributed by atoms with Gasteiger partial charge in [-0.15, -0.1) is 0 Å². The van der Waals surface area contributed by atoms with Gasteiger partial charge in [0.05, 0.1) is 28.6 Å². The molecule has 0 aliphatic heterocycles. The van der Waals surface area contributed by atoms with Crippen LogP contribution in [0.2, 0.25) is 0 Å². The van der Waals surface area contributed by atoms with E-state index in [1.54, 1.807) is 6.20 Å². The first kappa shape index (κ1) is 26.8. The number of benzene rings is 5. The van der Waals surface area contributed by atoms with Crippen molar-refractivity contribution in [3.05, 3.63) is 146 Å². The molecule has 47 heavy (non-hydrogen) atoms. The van der Waals surface area contributed by atoms with Gasteiger partial charge >= 0.3 is 0 Å². The van der Waals surface area contributed by atoms with E-state index in [4.69, 9.17) is 34.3 Å². The molecule has 0 aliphatic carbocycles. The summed E-state index contributed by atoms with van der Waals surface area (Å²) in [5.74, 6) is 1.83. The molecule has 0 N–H and O–H groups in total. The summed E-state index contributed by atoms with van der Waals surface area (Å²) in [6.45, 7) is 0. The molecule has 0 bridgehead atoms. The number of furan rings is 1. The quantitative estimate of drug-likeness (QED) is 0.193. The van der Waals surface area contributed by atoms with E-state index in [0.29, 0.717) is 23.2 Å². The van der Waals surface area contributed by atoms with E-state index >= 15 is 0 Å². The molecule has 0 aliphatic rings. The Hall–Kier alpha value is -6.60. The summed E-state index contributed by atoms with van der Waals surface area (Å²) in [6, 6.07) is 46.0. The van der Waals surface area contributed by atoms with Crippen LogP contribution in [0, 0.1) is 0 Å². The van der Waals surface area contributed by atoms with Gasteiger partial charge in [0.2, 0.25) is 0 Å². The Labute approximate surface area is 269 Å². The lowest BCUT2D eigenvalue weighted by molar-refractivity contribution is 0.667. The van der Waals surface area contributed by atoms with Gasteiger partial charge in [-0.05, 0) is 24.3 Å². The van der Waals surface area contributed by atoms with Crippen molar-refractivity contribution in [3.8, 4) is 56.8 Å². The minimum atomic E-state index is 0.591. The molecule has 9 rings (SSSR count). The van der Waals surface area contributed by atoms with Crippen LogP contribution < -0.4 is 0 Å². The van der Waals surface area contributed by atoms with Gasteiger partial charge in [-0.25, -0.2) is 24.9 Å². The molecule has 0 unspecified atom stereocenters. The first-order chi connectivity index (χ1) is 23.3. The maximum Gasteiger partial charge on any atom is 0.164 e. The van der Waals surface area contributed by atoms with E-state index in [2.05, 4.69) is 6.07 Å². The summed E-state index contributed by atoms with van der Waals surface area (Å²) < 4.78 is 6.04. The lowest BCUT2D eigenvalue weighted by Gasteiger charge is -2.11. The summed E-state index contributed by atoms with van der Waals surface area (Å²) in [5, 5.41) is 2.02. The van der Waals surface area contributed by atoms with Gasteiger partial charge in [0.15, 0.2) is 23.1 Å². The van der Waals surface area contributed by atoms with E-state index in [1.165, 1.54) is 0 Å². The fourth-order valence-corrected chi connectivity index (χ4v) is 5.86. The van der Waals surface area contributed by atoms with Crippen LogP contribution in [0.25, 0.3) is 89.8 Å². The van der Waals surface area contributed by atoms with E-state index in [-0.39, 0.29) is 0 Å². The standard InChI is InChI=1S/C40H24N6O/c1-3-11-26(12-4-1)38-44-39(27-13-5-2-6-14-27)46-40(45-38)28-21-19-25(20-22-28)36-37(43-32-17-9-8-16-31(32)42-36)33-23-30-29-15-7-10-18-34(29)47-35(30)24-41-33/h1-24H. The molecule has 0 atom stereocenters. The van der Waals surface area contributed by atoms with Crippen LogP contribution in [-0.2, 0) is 0 Å². The van der Waals surface area contributed by atoms with Crippen LogP contribution in [0.4, 0.5) is 0 Å².